The van der Waals surface area contributed by atoms with Crippen molar-refractivity contribution < 1.29 is 4.74 Å². The number of nitrogens with zero attached hydrogens (tertiary/aromatic N) is 1. The standard InChI is InChI=1S/C13H17NO/c1-14(8-9-15-2)13-10-12(13)11-6-4-3-5-7-11/h3-7H,8-10H2,1-2H3. The van der Waals surface area contributed by atoms with E-state index in [-0.39, 0.29) is 0 Å². The number of ether oxygens (including phenoxy) is 1. The molecule has 80 valence electrons. The van der Waals surface area contributed by atoms with Gasteiger partial charge in [0, 0.05) is 32.8 Å². The zero-order chi connectivity index (χ0) is 10.7. The summed E-state index contributed by atoms with van der Waals surface area (Å²) in [4.78, 5) is 2.28. The number of allylic oxidation sites excluding steroid dienone is 2. The maximum absolute atomic E-state index is 5.07. The summed E-state index contributed by atoms with van der Waals surface area (Å²) >= 11 is 0. The van der Waals surface area contributed by atoms with Crippen LogP contribution in [0.1, 0.15) is 12.0 Å². The molecule has 1 aromatic carbocycles. The van der Waals surface area contributed by atoms with Crippen LogP contribution in [-0.2, 0) is 4.74 Å². The highest BCUT2D eigenvalue weighted by molar-refractivity contribution is 5.81. The average molecular weight is 203 g/mol. The van der Waals surface area contributed by atoms with Gasteiger partial charge in [-0.2, -0.15) is 0 Å². The fourth-order valence-corrected chi connectivity index (χ4v) is 1.76. The monoisotopic (exact) mass is 203 g/mol. The van der Waals surface area contributed by atoms with Gasteiger partial charge in [-0.15, -0.1) is 0 Å². The van der Waals surface area contributed by atoms with Crippen molar-refractivity contribution in [3.8, 4) is 0 Å². The molecule has 2 heteroatoms. The Labute approximate surface area is 91.2 Å². The van der Waals surface area contributed by atoms with E-state index < -0.39 is 0 Å². The van der Waals surface area contributed by atoms with Crippen LogP contribution in [0.15, 0.2) is 36.0 Å². The second-order valence-electron chi connectivity index (χ2n) is 3.88. The Balaban J connectivity index is 2.00. The molecule has 1 aliphatic rings. The lowest BCUT2D eigenvalue weighted by atomic mass is 10.2. The van der Waals surface area contributed by atoms with Crippen molar-refractivity contribution in [1.29, 1.82) is 0 Å². The van der Waals surface area contributed by atoms with E-state index in [2.05, 4.69) is 42.3 Å². The Morgan fingerprint density at radius 3 is 2.67 bits per heavy atom. The average Bonchev–Trinajstić information content (AvgIpc) is 3.07. The van der Waals surface area contributed by atoms with Crippen molar-refractivity contribution in [3.05, 3.63) is 41.6 Å². The van der Waals surface area contributed by atoms with Crippen LogP contribution in [0.2, 0.25) is 0 Å². The first-order chi connectivity index (χ1) is 7.33. The van der Waals surface area contributed by atoms with E-state index in [4.69, 9.17) is 4.74 Å². The lowest BCUT2D eigenvalue weighted by Crippen LogP contribution is -2.18. The van der Waals surface area contributed by atoms with E-state index in [1.54, 1.807) is 7.11 Å². The molecule has 0 aromatic heterocycles. The van der Waals surface area contributed by atoms with E-state index in [1.165, 1.54) is 16.8 Å². The lowest BCUT2D eigenvalue weighted by molar-refractivity contribution is 0.175. The first-order valence-corrected chi connectivity index (χ1v) is 5.30. The largest absolute Gasteiger partial charge is 0.383 e. The summed E-state index contributed by atoms with van der Waals surface area (Å²) in [6, 6.07) is 10.6. The lowest BCUT2D eigenvalue weighted by Gasteiger charge is -2.13. The molecule has 0 fully saturated rings. The zero-order valence-corrected chi connectivity index (χ0v) is 9.36. The molecule has 0 atom stereocenters. The Kier molecular flexibility index (Phi) is 3.07. The van der Waals surface area contributed by atoms with Gasteiger partial charge in [-0.25, -0.2) is 0 Å². The van der Waals surface area contributed by atoms with Crippen molar-refractivity contribution in [1.82, 2.24) is 4.90 Å². The highest BCUT2D eigenvalue weighted by Crippen LogP contribution is 2.41. The number of benzene rings is 1. The molecule has 0 N–H and O–H groups in total. The number of hydrogen-bond acceptors (Lipinski definition) is 2. The van der Waals surface area contributed by atoms with Crippen LogP contribution < -0.4 is 0 Å². The third-order valence-corrected chi connectivity index (χ3v) is 2.78. The summed E-state index contributed by atoms with van der Waals surface area (Å²) in [7, 11) is 3.87. The van der Waals surface area contributed by atoms with Gasteiger partial charge in [0.2, 0.25) is 0 Å². The van der Waals surface area contributed by atoms with Crippen LogP contribution in [0.5, 0.6) is 0 Å². The Hall–Kier alpha value is -1.28. The summed E-state index contributed by atoms with van der Waals surface area (Å²) in [5.41, 5.74) is 4.30. The molecular formula is C13H17NO. The van der Waals surface area contributed by atoms with Gasteiger partial charge in [0.1, 0.15) is 0 Å². The van der Waals surface area contributed by atoms with Crippen LogP contribution in [0.4, 0.5) is 0 Å². The summed E-state index contributed by atoms with van der Waals surface area (Å²) in [6.07, 6.45) is 1.13. The van der Waals surface area contributed by atoms with Gasteiger partial charge in [0.25, 0.3) is 0 Å². The quantitative estimate of drug-likeness (QED) is 0.728. The van der Waals surface area contributed by atoms with Gasteiger partial charge in [-0.3, -0.25) is 0 Å². The highest BCUT2D eigenvalue weighted by atomic mass is 16.5. The molecule has 1 aliphatic carbocycles. The summed E-state index contributed by atoms with van der Waals surface area (Å²) in [6.45, 7) is 1.77. The first kappa shape index (κ1) is 10.2. The first-order valence-electron chi connectivity index (χ1n) is 5.30. The van der Waals surface area contributed by atoms with Gasteiger partial charge in [-0.05, 0) is 11.1 Å². The van der Waals surface area contributed by atoms with Crippen LogP contribution in [-0.4, -0.2) is 32.2 Å². The SMILES string of the molecule is COCCN(C)C1=C(c2ccccc2)C1. The van der Waals surface area contributed by atoms with Crippen LogP contribution in [0.3, 0.4) is 0 Å². The minimum absolute atomic E-state index is 0.794. The van der Waals surface area contributed by atoms with Crippen molar-refractivity contribution in [2.24, 2.45) is 0 Å². The molecule has 0 aliphatic heterocycles. The van der Waals surface area contributed by atoms with E-state index in [0.717, 1.165) is 19.6 Å². The molecule has 0 saturated carbocycles. The van der Waals surface area contributed by atoms with E-state index >= 15 is 0 Å². The number of likely N-dealkylation sites (N-methyl/N-ethyl adjacent to an activating group) is 1. The Morgan fingerprint density at radius 2 is 2.00 bits per heavy atom. The fraction of sp³-hybridized carbons (Fsp3) is 0.385. The van der Waals surface area contributed by atoms with Gasteiger partial charge in [0.05, 0.1) is 6.61 Å². The van der Waals surface area contributed by atoms with Gasteiger partial charge >= 0.3 is 0 Å². The molecule has 0 heterocycles. The molecule has 1 aromatic rings. The second-order valence-corrected chi connectivity index (χ2v) is 3.88. The topological polar surface area (TPSA) is 12.5 Å². The van der Waals surface area contributed by atoms with Crippen molar-refractivity contribution in [2.75, 3.05) is 27.3 Å². The van der Waals surface area contributed by atoms with Gasteiger partial charge in [-0.1, -0.05) is 30.3 Å². The molecule has 2 nitrogen and oxygen atoms in total. The molecule has 2 rings (SSSR count). The third kappa shape index (κ3) is 2.39. The summed E-state index contributed by atoms with van der Waals surface area (Å²) in [5, 5.41) is 0. The van der Waals surface area contributed by atoms with Crippen molar-refractivity contribution in [2.45, 2.75) is 6.42 Å². The molecule has 0 radical (unpaired) electrons. The smallest absolute Gasteiger partial charge is 0.0637 e. The summed E-state index contributed by atoms with van der Waals surface area (Å²) < 4.78 is 5.07. The van der Waals surface area contributed by atoms with Gasteiger partial charge < -0.3 is 9.64 Å². The summed E-state index contributed by atoms with van der Waals surface area (Å²) in [5.74, 6) is 0. The van der Waals surface area contributed by atoms with Gasteiger partial charge in [0.15, 0.2) is 0 Å². The van der Waals surface area contributed by atoms with Crippen molar-refractivity contribution >= 4 is 5.57 Å². The minimum atomic E-state index is 0.794. The number of methoxy groups -OCH3 is 1. The molecule has 0 unspecified atom stereocenters. The number of rotatable bonds is 5. The minimum Gasteiger partial charge on any atom is -0.383 e. The van der Waals surface area contributed by atoms with Crippen LogP contribution in [0, 0.1) is 0 Å². The molecule has 15 heavy (non-hydrogen) atoms. The van der Waals surface area contributed by atoms with E-state index in [9.17, 15) is 0 Å². The predicted octanol–water partition coefficient (Wildman–Crippen LogP) is 2.38. The van der Waals surface area contributed by atoms with Crippen LogP contribution >= 0.6 is 0 Å². The second kappa shape index (κ2) is 4.49. The zero-order valence-electron chi connectivity index (χ0n) is 9.36. The fourth-order valence-electron chi connectivity index (χ4n) is 1.76. The Bertz CT molecular complexity index is 356. The molecule has 0 amide bonds. The maximum Gasteiger partial charge on any atom is 0.0637 e. The number of hydrogen-bond donors (Lipinski definition) is 0. The molecule has 0 bridgehead atoms. The van der Waals surface area contributed by atoms with E-state index in [0.29, 0.717) is 0 Å². The van der Waals surface area contributed by atoms with E-state index in [1.807, 2.05) is 0 Å². The molecular weight excluding hydrogens is 186 g/mol. The highest BCUT2D eigenvalue weighted by Gasteiger charge is 2.25. The molecule has 0 spiro atoms. The normalized spacial score (nSPS) is 14.3. The molecule has 0 saturated heterocycles. The van der Waals surface area contributed by atoms with Crippen molar-refractivity contribution in [3.63, 3.8) is 0 Å². The Morgan fingerprint density at radius 1 is 1.27 bits per heavy atom. The third-order valence-electron chi connectivity index (χ3n) is 2.78. The van der Waals surface area contributed by atoms with Crippen LogP contribution in [0.25, 0.3) is 5.57 Å². The maximum atomic E-state index is 5.07. The predicted molar refractivity (Wildman–Crippen MR) is 62.5 cm³/mol.